The molecule has 0 fully saturated rings. The Bertz CT molecular complexity index is 1180. The third-order valence-electron chi connectivity index (χ3n) is 5.07. The van der Waals surface area contributed by atoms with Gasteiger partial charge in [0, 0.05) is 10.0 Å². The minimum absolute atomic E-state index is 0.0288. The fourth-order valence-electron chi connectivity index (χ4n) is 3.21. The number of hydrogen-bond donors (Lipinski definition) is 3. The zero-order chi connectivity index (χ0) is 24.7. The zero-order valence-electron chi connectivity index (χ0n) is 19.1. The maximum Gasteiger partial charge on any atom is 0.269 e. The standard InChI is InChI=1S/C26H26BrN3O3S/c1-16(2)21-14-22(27)17(3)13-23(21)33-15-24(31)28-26(34)30-29-25(32)20-11-9-19(10-12-20)18-7-5-4-6-8-18/h4-14,16H,15H2,1-3H3,(H,29,32)(H2,28,30,31,34). The summed E-state index contributed by atoms with van der Waals surface area (Å²) in [4.78, 5) is 24.6. The number of hydrogen-bond acceptors (Lipinski definition) is 4. The van der Waals surface area contributed by atoms with Crippen molar-refractivity contribution in [2.75, 3.05) is 6.61 Å². The molecule has 0 unspecified atom stereocenters. The largest absolute Gasteiger partial charge is 0.483 e. The highest BCUT2D eigenvalue weighted by Crippen LogP contribution is 2.32. The van der Waals surface area contributed by atoms with Crippen LogP contribution in [0.3, 0.4) is 0 Å². The lowest BCUT2D eigenvalue weighted by Gasteiger charge is -2.16. The Labute approximate surface area is 213 Å². The Morgan fingerprint density at radius 2 is 1.62 bits per heavy atom. The predicted molar refractivity (Wildman–Crippen MR) is 142 cm³/mol. The Balaban J connectivity index is 1.48. The van der Waals surface area contributed by atoms with Crippen LogP contribution in [-0.2, 0) is 4.79 Å². The molecule has 34 heavy (non-hydrogen) atoms. The van der Waals surface area contributed by atoms with Crippen LogP contribution >= 0.6 is 28.1 Å². The van der Waals surface area contributed by atoms with Gasteiger partial charge in [-0.1, -0.05) is 72.2 Å². The number of hydrazine groups is 1. The lowest BCUT2D eigenvalue weighted by molar-refractivity contribution is -0.121. The van der Waals surface area contributed by atoms with Crippen LogP contribution in [0.2, 0.25) is 0 Å². The van der Waals surface area contributed by atoms with E-state index in [9.17, 15) is 9.59 Å². The third kappa shape index (κ3) is 6.88. The van der Waals surface area contributed by atoms with E-state index in [2.05, 4.69) is 45.9 Å². The van der Waals surface area contributed by atoms with Gasteiger partial charge < -0.3 is 4.74 Å². The molecule has 3 aromatic carbocycles. The van der Waals surface area contributed by atoms with Gasteiger partial charge in [0.25, 0.3) is 11.8 Å². The number of amides is 2. The lowest BCUT2D eigenvalue weighted by atomic mass is 10.0. The van der Waals surface area contributed by atoms with Crippen LogP contribution in [0, 0.1) is 6.92 Å². The maximum atomic E-state index is 12.4. The van der Waals surface area contributed by atoms with Gasteiger partial charge in [-0.15, -0.1) is 0 Å². The third-order valence-corrected chi connectivity index (χ3v) is 6.13. The molecule has 6 nitrogen and oxygen atoms in total. The van der Waals surface area contributed by atoms with Crippen molar-refractivity contribution in [3.63, 3.8) is 0 Å². The molecular weight excluding hydrogens is 514 g/mol. The van der Waals surface area contributed by atoms with Gasteiger partial charge in [-0.3, -0.25) is 25.8 Å². The molecule has 8 heteroatoms. The van der Waals surface area contributed by atoms with Crippen LogP contribution in [-0.4, -0.2) is 23.5 Å². The summed E-state index contributed by atoms with van der Waals surface area (Å²) >= 11 is 8.63. The minimum Gasteiger partial charge on any atom is -0.483 e. The number of rotatable bonds is 6. The summed E-state index contributed by atoms with van der Waals surface area (Å²) < 4.78 is 6.72. The Morgan fingerprint density at radius 1 is 0.971 bits per heavy atom. The molecule has 0 aliphatic heterocycles. The summed E-state index contributed by atoms with van der Waals surface area (Å²) in [5.74, 6) is 0.0697. The van der Waals surface area contributed by atoms with Gasteiger partial charge in [0.15, 0.2) is 11.7 Å². The number of aryl methyl sites for hydroxylation is 1. The summed E-state index contributed by atoms with van der Waals surface area (Å²) in [5.41, 5.74) is 9.56. The van der Waals surface area contributed by atoms with E-state index in [0.29, 0.717) is 11.3 Å². The van der Waals surface area contributed by atoms with Gasteiger partial charge >= 0.3 is 0 Å². The van der Waals surface area contributed by atoms with E-state index in [-0.39, 0.29) is 23.5 Å². The highest BCUT2D eigenvalue weighted by Gasteiger charge is 2.14. The van der Waals surface area contributed by atoms with Crippen LogP contribution in [0.5, 0.6) is 5.75 Å². The van der Waals surface area contributed by atoms with Gasteiger partial charge in [-0.05, 0) is 71.6 Å². The molecule has 0 aromatic heterocycles. The second-order valence-electron chi connectivity index (χ2n) is 7.98. The monoisotopic (exact) mass is 539 g/mol. The van der Waals surface area contributed by atoms with Crippen molar-refractivity contribution in [1.29, 1.82) is 0 Å². The first kappa shape index (κ1) is 25.4. The second-order valence-corrected chi connectivity index (χ2v) is 9.24. The fraction of sp³-hybridized carbons (Fsp3) is 0.192. The number of ether oxygens (including phenoxy) is 1. The molecule has 176 valence electrons. The van der Waals surface area contributed by atoms with E-state index >= 15 is 0 Å². The first-order chi connectivity index (χ1) is 16.2. The zero-order valence-corrected chi connectivity index (χ0v) is 21.5. The molecule has 0 aliphatic carbocycles. The quantitative estimate of drug-likeness (QED) is 0.294. The molecule has 3 aromatic rings. The molecule has 3 N–H and O–H groups in total. The minimum atomic E-state index is -0.436. The van der Waals surface area contributed by atoms with Crippen molar-refractivity contribution in [3.8, 4) is 16.9 Å². The Kier molecular flexibility index (Phi) is 8.79. The van der Waals surface area contributed by atoms with Crippen molar-refractivity contribution < 1.29 is 14.3 Å². The number of benzene rings is 3. The summed E-state index contributed by atoms with van der Waals surface area (Å²) in [6.07, 6.45) is 0. The van der Waals surface area contributed by atoms with E-state index < -0.39 is 5.91 Å². The molecule has 0 spiro atoms. The van der Waals surface area contributed by atoms with E-state index in [1.54, 1.807) is 12.1 Å². The van der Waals surface area contributed by atoms with Gasteiger partial charge in [0.1, 0.15) is 5.75 Å². The first-order valence-electron chi connectivity index (χ1n) is 10.7. The summed E-state index contributed by atoms with van der Waals surface area (Å²) in [6, 6.07) is 21.0. The molecule has 2 amide bonds. The van der Waals surface area contributed by atoms with Crippen molar-refractivity contribution >= 4 is 45.1 Å². The summed E-state index contributed by atoms with van der Waals surface area (Å²) in [6.45, 7) is 5.86. The van der Waals surface area contributed by atoms with E-state index in [1.807, 2.05) is 61.5 Å². The number of nitrogens with one attached hydrogen (secondary N) is 3. The topological polar surface area (TPSA) is 79.5 Å². The number of carbonyl (C=O) groups is 2. The molecule has 3 rings (SSSR count). The van der Waals surface area contributed by atoms with Crippen LogP contribution < -0.4 is 20.9 Å². The summed E-state index contributed by atoms with van der Waals surface area (Å²) in [7, 11) is 0. The van der Waals surface area contributed by atoms with Gasteiger partial charge in [0.05, 0.1) is 0 Å². The average molecular weight is 540 g/mol. The molecule has 0 radical (unpaired) electrons. The van der Waals surface area contributed by atoms with Gasteiger partial charge in [0.2, 0.25) is 0 Å². The molecular formula is C26H26BrN3O3S. The van der Waals surface area contributed by atoms with Crippen molar-refractivity contribution in [1.82, 2.24) is 16.2 Å². The Morgan fingerprint density at radius 3 is 2.26 bits per heavy atom. The smallest absolute Gasteiger partial charge is 0.269 e. The molecule has 0 aliphatic rings. The molecule has 0 heterocycles. The average Bonchev–Trinajstić information content (AvgIpc) is 2.83. The summed E-state index contributed by atoms with van der Waals surface area (Å²) in [5, 5.41) is 2.47. The van der Waals surface area contributed by atoms with Gasteiger partial charge in [-0.25, -0.2) is 0 Å². The van der Waals surface area contributed by atoms with Crippen molar-refractivity contribution in [2.24, 2.45) is 0 Å². The number of halogens is 1. The number of carbonyl (C=O) groups excluding carboxylic acids is 2. The SMILES string of the molecule is Cc1cc(OCC(=O)NC(=S)NNC(=O)c2ccc(-c3ccccc3)cc2)c(C(C)C)cc1Br. The van der Waals surface area contributed by atoms with E-state index in [1.165, 1.54) is 0 Å². The van der Waals surface area contributed by atoms with Crippen LogP contribution in [0.4, 0.5) is 0 Å². The maximum absolute atomic E-state index is 12.4. The first-order valence-corrected chi connectivity index (χ1v) is 11.9. The lowest BCUT2D eigenvalue weighted by Crippen LogP contribution is -2.49. The highest BCUT2D eigenvalue weighted by molar-refractivity contribution is 9.10. The van der Waals surface area contributed by atoms with Crippen LogP contribution in [0.25, 0.3) is 11.1 Å². The fourth-order valence-corrected chi connectivity index (χ4v) is 3.74. The van der Waals surface area contributed by atoms with Crippen molar-refractivity contribution in [2.45, 2.75) is 26.7 Å². The second kappa shape index (κ2) is 11.8. The van der Waals surface area contributed by atoms with E-state index in [0.717, 1.165) is 26.7 Å². The molecule has 0 saturated heterocycles. The van der Waals surface area contributed by atoms with Crippen LogP contribution in [0.15, 0.2) is 71.2 Å². The molecule has 0 saturated carbocycles. The van der Waals surface area contributed by atoms with Crippen molar-refractivity contribution in [3.05, 3.63) is 87.9 Å². The molecule has 0 atom stereocenters. The predicted octanol–water partition coefficient (Wildman–Crippen LogP) is 5.26. The normalized spacial score (nSPS) is 10.5. The number of thiocarbonyl (C=S) groups is 1. The van der Waals surface area contributed by atoms with Gasteiger partial charge in [-0.2, -0.15) is 0 Å². The molecule has 0 bridgehead atoms. The van der Waals surface area contributed by atoms with Crippen LogP contribution in [0.1, 0.15) is 41.3 Å². The Hall–Kier alpha value is -3.23. The highest BCUT2D eigenvalue weighted by atomic mass is 79.9. The van der Waals surface area contributed by atoms with E-state index in [4.69, 9.17) is 17.0 Å².